The number of rotatable bonds is 1. The van der Waals surface area contributed by atoms with Crippen LogP contribution in [0.3, 0.4) is 0 Å². The monoisotopic (exact) mass is 165 g/mol. The van der Waals surface area contributed by atoms with E-state index in [4.69, 9.17) is 10.2 Å². The lowest BCUT2D eigenvalue weighted by molar-refractivity contribution is 0.549. The van der Waals surface area contributed by atoms with E-state index >= 15 is 0 Å². The third-order valence-corrected chi connectivity index (χ3v) is 1.44. The largest absolute Gasteiger partial charge is 0.406 e. The zero-order valence-electron chi connectivity index (χ0n) is 6.43. The first-order chi connectivity index (χ1) is 5.77. The second kappa shape index (κ2) is 2.33. The molecule has 2 rings (SSSR count). The minimum atomic E-state index is 0.149. The quantitative estimate of drug-likeness (QED) is 0.650. The number of nitrogens with two attached hydrogens (primary N) is 1. The van der Waals surface area contributed by atoms with Gasteiger partial charge in [-0.1, -0.05) is 0 Å². The highest BCUT2D eigenvalue weighted by atomic mass is 16.4. The van der Waals surface area contributed by atoms with Gasteiger partial charge in [0.25, 0.3) is 6.01 Å². The van der Waals surface area contributed by atoms with Gasteiger partial charge < -0.3 is 10.2 Å². The van der Waals surface area contributed by atoms with Crippen molar-refractivity contribution in [1.29, 1.82) is 0 Å². The molecule has 2 aromatic heterocycles. The van der Waals surface area contributed by atoms with E-state index in [9.17, 15) is 0 Å². The molecule has 2 N–H and O–H groups in total. The summed E-state index contributed by atoms with van der Waals surface area (Å²) in [5, 5.41) is 7.27. The summed E-state index contributed by atoms with van der Waals surface area (Å²) in [7, 11) is 0. The Morgan fingerprint density at radius 3 is 2.58 bits per heavy atom. The fraction of sp³-hybridized carbons (Fsp3) is 0.167. The Morgan fingerprint density at radius 1 is 1.42 bits per heavy atom. The maximum Gasteiger partial charge on any atom is 0.294 e. The molecule has 6 heteroatoms. The molecule has 0 unspecified atom stereocenters. The summed E-state index contributed by atoms with van der Waals surface area (Å²) in [6, 6.07) is 0.149. The topological polar surface area (TPSA) is 82.8 Å². The van der Waals surface area contributed by atoms with Crippen LogP contribution < -0.4 is 5.73 Å². The van der Waals surface area contributed by atoms with Crippen LogP contribution in [0.5, 0.6) is 0 Å². The van der Waals surface area contributed by atoms with Crippen LogP contribution >= 0.6 is 0 Å². The van der Waals surface area contributed by atoms with Gasteiger partial charge in [0.15, 0.2) is 0 Å². The van der Waals surface area contributed by atoms with Crippen LogP contribution in [0.1, 0.15) is 5.69 Å². The van der Waals surface area contributed by atoms with Crippen molar-refractivity contribution in [1.82, 2.24) is 19.7 Å². The van der Waals surface area contributed by atoms with Crippen molar-refractivity contribution in [3.8, 4) is 5.88 Å². The van der Waals surface area contributed by atoms with Crippen LogP contribution in [0, 0.1) is 6.92 Å². The first kappa shape index (κ1) is 6.84. The van der Waals surface area contributed by atoms with Crippen molar-refractivity contribution in [3.05, 3.63) is 18.3 Å². The summed E-state index contributed by atoms with van der Waals surface area (Å²) < 4.78 is 6.72. The molecule has 62 valence electrons. The molecule has 2 aromatic rings. The van der Waals surface area contributed by atoms with Gasteiger partial charge in [-0.05, 0) is 6.92 Å². The average Bonchev–Trinajstić information content (AvgIpc) is 2.58. The Bertz CT molecular complexity index is 377. The Kier molecular flexibility index (Phi) is 1.33. The lowest BCUT2D eigenvalue weighted by Gasteiger charge is -1.92. The lowest BCUT2D eigenvalue weighted by atomic mass is 10.5. The molecule has 0 bridgehead atoms. The van der Waals surface area contributed by atoms with Crippen LogP contribution in [0.15, 0.2) is 17.1 Å². The molecule has 2 heterocycles. The minimum Gasteiger partial charge on any atom is -0.406 e. The molecular weight excluding hydrogens is 158 g/mol. The Labute approximate surface area is 68.0 Å². The third-order valence-electron chi connectivity index (χ3n) is 1.44. The van der Waals surface area contributed by atoms with Crippen molar-refractivity contribution in [2.24, 2.45) is 0 Å². The number of hydrogen-bond donors (Lipinski definition) is 1. The second-order valence-electron chi connectivity index (χ2n) is 2.31. The van der Waals surface area contributed by atoms with Gasteiger partial charge in [0, 0.05) is 0 Å². The maximum atomic E-state index is 5.35. The van der Waals surface area contributed by atoms with Crippen molar-refractivity contribution in [2.75, 3.05) is 5.73 Å². The molecule has 0 aromatic carbocycles. The second-order valence-corrected chi connectivity index (χ2v) is 2.31. The highest BCUT2D eigenvalue weighted by Crippen LogP contribution is 2.15. The number of aryl methyl sites for hydroxylation is 1. The first-order valence-corrected chi connectivity index (χ1v) is 3.35. The van der Waals surface area contributed by atoms with Crippen molar-refractivity contribution in [3.63, 3.8) is 0 Å². The number of anilines is 1. The predicted molar refractivity (Wildman–Crippen MR) is 40.6 cm³/mol. The number of nitrogens with zero attached hydrogens (tertiary/aromatic N) is 4. The molecule has 0 saturated heterocycles. The van der Waals surface area contributed by atoms with Crippen LogP contribution in [-0.4, -0.2) is 19.7 Å². The molecule has 0 spiro atoms. The molecule has 0 aliphatic rings. The summed E-state index contributed by atoms with van der Waals surface area (Å²) in [5.74, 6) is 0.553. The van der Waals surface area contributed by atoms with Gasteiger partial charge in [0.2, 0.25) is 5.88 Å². The molecule has 6 nitrogen and oxygen atoms in total. The van der Waals surface area contributed by atoms with Gasteiger partial charge >= 0.3 is 0 Å². The summed E-state index contributed by atoms with van der Waals surface area (Å²) >= 11 is 0. The summed E-state index contributed by atoms with van der Waals surface area (Å²) in [6.07, 6.45) is 3.04. The van der Waals surface area contributed by atoms with E-state index < -0.39 is 0 Å². The van der Waals surface area contributed by atoms with Gasteiger partial charge in [-0.2, -0.15) is 4.98 Å². The zero-order valence-corrected chi connectivity index (χ0v) is 6.43. The zero-order chi connectivity index (χ0) is 8.55. The SMILES string of the molecule is Cc1nc(N)oc1-n1cnnc1. The Morgan fingerprint density at radius 2 is 2.08 bits per heavy atom. The fourth-order valence-corrected chi connectivity index (χ4v) is 0.954. The Hall–Kier alpha value is -1.85. The molecule has 12 heavy (non-hydrogen) atoms. The molecule has 0 amide bonds. The molecule has 0 aliphatic carbocycles. The van der Waals surface area contributed by atoms with Gasteiger partial charge in [0.05, 0.1) is 0 Å². The lowest BCUT2D eigenvalue weighted by Crippen LogP contribution is -1.89. The van der Waals surface area contributed by atoms with Gasteiger partial charge in [-0.25, -0.2) is 0 Å². The number of hydrogen-bond acceptors (Lipinski definition) is 5. The van der Waals surface area contributed by atoms with E-state index in [1.807, 2.05) is 0 Å². The molecule has 0 atom stereocenters. The smallest absolute Gasteiger partial charge is 0.294 e. The molecule has 0 aliphatic heterocycles. The van der Waals surface area contributed by atoms with E-state index in [0.29, 0.717) is 11.6 Å². The minimum absolute atomic E-state index is 0.149. The Balaban J connectivity index is 2.54. The fourth-order valence-electron chi connectivity index (χ4n) is 0.954. The molecule has 0 saturated carbocycles. The van der Waals surface area contributed by atoms with E-state index in [0.717, 1.165) is 0 Å². The standard InChI is InChI=1S/C6H7N5O/c1-4-5(12-6(7)10-4)11-2-8-9-3-11/h2-3H,1H3,(H2,7,10). The first-order valence-electron chi connectivity index (χ1n) is 3.35. The number of aromatic nitrogens is 4. The van der Waals surface area contributed by atoms with Crippen LogP contribution in [0.25, 0.3) is 5.88 Å². The van der Waals surface area contributed by atoms with E-state index in [1.165, 1.54) is 12.7 Å². The summed E-state index contributed by atoms with van der Waals surface area (Å²) in [4.78, 5) is 3.90. The van der Waals surface area contributed by atoms with E-state index in [-0.39, 0.29) is 6.01 Å². The highest BCUT2D eigenvalue weighted by Gasteiger charge is 2.08. The van der Waals surface area contributed by atoms with Crippen LogP contribution in [0.2, 0.25) is 0 Å². The molecule has 0 radical (unpaired) electrons. The highest BCUT2D eigenvalue weighted by molar-refractivity contribution is 5.29. The normalized spacial score (nSPS) is 10.4. The van der Waals surface area contributed by atoms with Crippen LogP contribution in [-0.2, 0) is 0 Å². The van der Waals surface area contributed by atoms with Crippen molar-refractivity contribution < 1.29 is 4.42 Å². The van der Waals surface area contributed by atoms with Crippen molar-refractivity contribution >= 4 is 6.01 Å². The van der Waals surface area contributed by atoms with Crippen molar-refractivity contribution in [2.45, 2.75) is 6.92 Å². The predicted octanol–water partition coefficient (Wildman–Crippen LogP) is 0.146. The third kappa shape index (κ3) is 0.931. The maximum absolute atomic E-state index is 5.35. The summed E-state index contributed by atoms with van der Waals surface area (Å²) in [5.41, 5.74) is 6.07. The number of oxazole rings is 1. The van der Waals surface area contributed by atoms with Gasteiger partial charge in [-0.15, -0.1) is 10.2 Å². The van der Waals surface area contributed by atoms with Crippen LogP contribution in [0.4, 0.5) is 6.01 Å². The van der Waals surface area contributed by atoms with E-state index in [1.54, 1.807) is 11.5 Å². The van der Waals surface area contributed by atoms with Gasteiger partial charge in [0.1, 0.15) is 18.3 Å². The average molecular weight is 165 g/mol. The number of nitrogen functional groups attached to an aromatic ring is 1. The van der Waals surface area contributed by atoms with E-state index in [2.05, 4.69) is 15.2 Å². The molecular formula is C6H7N5O. The van der Waals surface area contributed by atoms with Gasteiger partial charge in [-0.3, -0.25) is 4.57 Å². The molecule has 0 fully saturated rings. The summed E-state index contributed by atoms with van der Waals surface area (Å²) in [6.45, 7) is 1.80.